The van der Waals surface area contributed by atoms with Gasteiger partial charge in [0, 0.05) is 36.6 Å². The van der Waals surface area contributed by atoms with Crippen LogP contribution in [0.5, 0.6) is 0 Å². The van der Waals surface area contributed by atoms with Crippen molar-refractivity contribution < 1.29 is 4.79 Å². The van der Waals surface area contributed by atoms with E-state index in [0.717, 1.165) is 22.2 Å². The minimum absolute atomic E-state index is 0.164. The number of nitrogens with one attached hydrogen (secondary N) is 2. The SMILES string of the molecule is CCNC(=O)c1cc(NCc2cccc3cccnc23)ccn1. The van der Waals surface area contributed by atoms with Crippen LogP contribution in [0.1, 0.15) is 23.0 Å². The monoisotopic (exact) mass is 306 g/mol. The molecule has 5 nitrogen and oxygen atoms in total. The van der Waals surface area contributed by atoms with Crippen molar-refractivity contribution in [3.63, 3.8) is 0 Å². The lowest BCUT2D eigenvalue weighted by Crippen LogP contribution is -2.23. The average molecular weight is 306 g/mol. The van der Waals surface area contributed by atoms with Crippen LogP contribution < -0.4 is 10.6 Å². The minimum atomic E-state index is -0.164. The van der Waals surface area contributed by atoms with E-state index in [2.05, 4.69) is 20.6 Å². The largest absolute Gasteiger partial charge is 0.381 e. The Morgan fingerprint density at radius 1 is 1.09 bits per heavy atom. The van der Waals surface area contributed by atoms with Gasteiger partial charge in [-0.05, 0) is 30.7 Å². The molecule has 2 heterocycles. The third-order valence-electron chi connectivity index (χ3n) is 3.53. The number of pyridine rings is 2. The Labute approximate surface area is 134 Å². The molecule has 0 aliphatic rings. The second kappa shape index (κ2) is 6.87. The van der Waals surface area contributed by atoms with Gasteiger partial charge in [0.1, 0.15) is 5.69 Å². The Kier molecular flexibility index (Phi) is 4.47. The highest BCUT2D eigenvalue weighted by molar-refractivity contribution is 5.93. The first-order valence-electron chi connectivity index (χ1n) is 7.58. The summed E-state index contributed by atoms with van der Waals surface area (Å²) in [5, 5.41) is 7.19. The fraction of sp³-hybridized carbons (Fsp3) is 0.167. The fourth-order valence-electron chi connectivity index (χ4n) is 2.42. The number of nitrogens with zero attached hydrogens (tertiary/aromatic N) is 2. The maximum atomic E-state index is 11.8. The van der Waals surface area contributed by atoms with Gasteiger partial charge in [0.05, 0.1) is 5.52 Å². The highest BCUT2D eigenvalue weighted by atomic mass is 16.1. The van der Waals surface area contributed by atoms with E-state index >= 15 is 0 Å². The Hall–Kier alpha value is -2.95. The van der Waals surface area contributed by atoms with Crippen LogP contribution in [0.2, 0.25) is 0 Å². The first-order valence-corrected chi connectivity index (χ1v) is 7.58. The van der Waals surface area contributed by atoms with Crippen molar-refractivity contribution in [2.45, 2.75) is 13.5 Å². The van der Waals surface area contributed by atoms with Crippen molar-refractivity contribution >= 4 is 22.5 Å². The summed E-state index contributed by atoms with van der Waals surface area (Å²) in [6.07, 6.45) is 3.43. The molecule has 0 saturated heterocycles. The molecule has 3 aromatic rings. The van der Waals surface area contributed by atoms with Gasteiger partial charge in [0.15, 0.2) is 0 Å². The molecule has 1 aromatic carbocycles. The zero-order valence-corrected chi connectivity index (χ0v) is 12.9. The van der Waals surface area contributed by atoms with Crippen molar-refractivity contribution in [2.75, 3.05) is 11.9 Å². The molecule has 0 spiro atoms. The predicted octanol–water partition coefficient (Wildman–Crippen LogP) is 2.99. The molecule has 0 radical (unpaired) electrons. The molecule has 1 amide bonds. The number of carbonyl (C=O) groups excluding carboxylic acids is 1. The standard InChI is InChI=1S/C18H18N4O/c1-2-19-18(23)16-11-15(8-10-20-16)22-12-14-6-3-5-13-7-4-9-21-17(13)14/h3-11H,2,12H2,1H3,(H,19,23)(H,20,22). The van der Waals surface area contributed by atoms with E-state index in [1.807, 2.05) is 43.3 Å². The molecule has 2 aromatic heterocycles. The quantitative estimate of drug-likeness (QED) is 0.760. The molecule has 0 aliphatic heterocycles. The summed E-state index contributed by atoms with van der Waals surface area (Å²) in [6, 6.07) is 13.7. The van der Waals surface area contributed by atoms with Crippen LogP contribution in [0.3, 0.4) is 0 Å². The minimum Gasteiger partial charge on any atom is -0.381 e. The van der Waals surface area contributed by atoms with Crippen LogP contribution in [-0.4, -0.2) is 22.4 Å². The average Bonchev–Trinajstić information content (AvgIpc) is 2.60. The normalized spacial score (nSPS) is 10.5. The van der Waals surface area contributed by atoms with E-state index in [4.69, 9.17) is 0 Å². The summed E-state index contributed by atoms with van der Waals surface area (Å²) in [5.74, 6) is -0.164. The summed E-state index contributed by atoms with van der Waals surface area (Å²) >= 11 is 0. The zero-order chi connectivity index (χ0) is 16.1. The van der Waals surface area contributed by atoms with Crippen molar-refractivity contribution in [3.05, 3.63) is 66.1 Å². The number of amides is 1. The van der Waals surface area contributed by atoms with Crippen molar-refractivity contribution in [3.8, 4) is 0 Å². The number of benzene rings is 1. The number of rotatable bonds is 5. The van der Waals surface area contributed by atoms with Crippen LogP contribution in [-0.2, 0) is 6.54 Å². The Morgan fingerprint density at radius 2 is 1.96 bits per heavy atom. The molecule has 3 rings (SSSR count). The fourth-order valence-corrected chi connectivity index (χ4v) is 2.42. The van der Waals surface area contributed by atoms with Gasteiger partial charge in [0.2, 0.25) is 0 Å². The first-order chi connectivity index (χ1) is 11.3. The third kappa shape index (κ3) is 3.45. The summed E-state index contributed by atoms with van der Waals surface area (Å²) in [7, 11) is 0. The van der Waals surface area contributed by atoms with E-state index < -0.39 is 0 Å². The van der Waals surface area contributed by atoms with Crippen LogP contribution in [0, 0.1) is 0 Å². The molecule has 23 heavy (non-hydrogen) atoms. The maximum absolute atomic E-state index is 11.8. The molecule has 2 N–H and O–H groups in total. The molecule has 0 atom stereocenters. The molecule has 0 fully saturated rings. The van der Waals surface area contributed by atoms with Crippen LogP contribution >= 0.6 is 0 Å². The van der Waals surface area contributed by atoms with Gasteiger partial charge in [0.25, 0.3) is 5.91 Å². The lowest BCUT2D eigenvalue weighted by atomic mass is 10.1. The number of fused-ring (bicyclic) bond motifs is 1. The van der Waals surface area contributed by atoms with Gasteiger partial charge in [-0.3, -0.25) is 14.8 Å². The number of para-hydroxylation sites is 1. The summed E-state index contributed by atoms with van der Waals surface area (Å²) in [5.41, 5.74) is 3.36. The van der Waals surface area contributed by atoms with Gasteiger partial charge in [-0.1, -0.05) is 24.3 Å². The van der Waals surface area contributed by atoms with Crippen molar-refractivity contribution in [1.29, 1.82) is 0 Å². The molecular weight excluding hydrogens is 288 g/mol. The molecule has 0 bridgehead atoms. The molecule has 116 valence electrons. The number of carbonyl (C=O) groups is 1. The second-order valence-corrected chi connectivity index (χ2v) is 5.14. The van der Waals surface area contributed by atoms with Crippen LogP contribution in [0.15, 0.2) is 54.9 Å². The number of hydrogen-bond donors (Lipinski definition) is 2. The lowest BCUT2D eigenvalue weighted by molar-refractivity contribution is 0.0951. The molecule has 0 unspecified atom stereocenters. The predicted molar refractivity (Wildman–Crippen MR) is 91.3 cm³/mol. The highest BCUT2D eigenvalue weighted by Crippen LogP contribution is 2.17. The first kappa shape index (κ1) is 15.0. The van der Waals surface area contributed by atoms with Gasteiger partial charge in [-0.25, -0.2) is 0 Å². The second-order valence-electron chi connectivity index (χ2n) is 5.14. The number of anilines is 1. The number of aromatic nitrogens is 2. The Morgan fingerprint density at radius 3 is 2.83 bits per heavy atom. The van der Waals surface area contributed by atoms with E-state index in [9.17, 15) is 4.79 Å². The third-order valence-corrected chi connectivity index (χ3v) is 3.53. The van der Waals surface area contributed by atoms with E-state index in [0.29, 0.717) is 18.8 Å². The van der Waals surface area contributed by atoms with E-state index in [1.165, 1.54) is 0 Å². The van der Waals surface area contributed by atoms with Gasteiger partial charge in [-0.2, -0.15) is 0 Å². The van der Waals surface area contributed by atoms with Gasteiger partial charge < -0.3 is 10.6 Å². The summed E-state index contributed by atoms with van der Waals surface area (Å²) in [4.78, 5) is 20.4. The maximum Gasteiger partial charge on any atom is 0.269 e. The summed E-state index contributed by atoms with van der Waals surface area (Å²) in [6.45, 7) is 3.10. The topological polar surface area (TPSA) is 66.9 Å². The Bertz CT molecular complexity index is 827. The van der Waals surface area contributed by atoms with Gasteiger partial charge >= 0.3 is 0 Å². The van der Waals surface area contributed by atoms with Crippen LogP contribution in [0.4, 0.5) is 5.69 Å². The van der Waals surface area contributed by atoms with E-state index in [-0.39, 0.29) is 5.91 Å². The van der Waals surface area contributed by atoms with Crippen molar-refractivity contribution in [2.24, 2.45) is 0 Å². The lowest BCUT2D eigenvalue weighted by Gasteiger charge is -2.09. The van der Waals surface area contributed by atoms with Gasteiger partial charge in [-0.15, -0.1) is 0 Å². The summed E-state index contributed by atoms with van der Waals surface area (Å²) < 4.78 is 0. The molecule has 0 aliphatic carbocycles. The molecular formula is C18H18N4O. The smallest absolute Gasteiger partial charge is 0.269 e. The molecule has 0 saturated carbocycles. The zero-order valence-electron chi connectivity index (χ0n) is 12.9. The number of hydrogen-bond acceptors (Lipinski definition) is 4. The Balaban J connectivity index is 1.77. The highest BCUT2D eigenvalue weighted by Gasteiger charge is 2.07. The molecule has 5 heteroatoms. The van der Waals surface area contributed by atoms with E-state index in [1.54, 1.807) is 18.5 Å². The van der Waals surface area contributed by atoms with Crippen LogP contribution in [0.25, 0.3) is 10.9 Å². The van der Waals surface area contributed by atoms with Crippen molar-refractivity contribution in [1.82, 2.24) is 15.3 Å².